The molecule has 7 nitrogen and oxygen atoms in total. The van der Waals surface area contributed by atoms with Gasteiger partial charge in [-0.3, -0.25) is 14.6 Å². The molecule has 0 bridgehead atoms. The first-order chi connectivity index (χ1) is 11.8. The van der Waals surface area contributed by atoms with Crippen LogP contribution in [-0.4, -0.2) is 39.0 Å². The summed E-state index contributed by atoms with van der Waals surface area (Å²) < 4.78 is 44.7. The van der Waals surface area contributed by atoms with E-state index in [9.17, 15) is 18.0 Å². The summed E-state index contributed by atoms with van der Waals surface area (Å²) in [5, 5.41) is 12.8. The number of rotatable bonds is 5. The molecule has 2 atom stereocenters. The van der Waals surface area contributed by atoms with Gasteiger partial charge in [0.1, 0.15) is 6.54 Å². The number of H-pyrrole nitrogens is 1. The van der Waals surface area contributed by atoms with E-state index >= 15 is 0 Å². The van der Waals surface area contributed by atoms with Crippen LogP contribution in [0.5, 0.6) is 0 Å². The van der Waals surface area contributed by atoms with Gasteiger partial charge < -0.3 is 10.1 Å². The highest BCUT2D eigenvalue weighted by molar-refractivity contribution is 5.75. The number of amides is 1. The molecule has 1 fully saturated rings. The summed E-state index contributed by atoms with van der Waals surface area (Å²) >= 11 is 0. The average molecular weight is 357 g/mol. The minimum atomic E-state index is -4.52. The molecule has 1 amide bonds. The normalized spacial score (nSPS) is 20.8. The number of alkyl halides is 3. The molecule has 136 valence electrons. The van der Waals surface area contributed by atoms with Crippen LogP contribution in [0, 0.1) is 12.8 Å². The SMILES string of the molecule is Cc1cc(C(F)(F)F)nn1CC(=O)NC[C@H]1CCO[C@@H]1c1cn[nH]c1. The van der Waals surface area contributed by atoms with E-state index in [1.54, 1.807) is 12.4 Å². The molecule has 1 saturated heterocycles. The van der Waals surface area contributed by atoms with Crippen molar-refractivity contribution in [1.82, 2.24) is 25.3 Å². The lowest BCUT2D eigenvalue weighted by atomic mass is 9.97. The Labute approximate surface area is 141 Å². The lowest BCUT2D eigenvalue weighted by molar-refractivity contribution is -0.141. The van der Waals surface area contributed by atoms with E-state index in [1.165, 1.54) is 6.92 Å². The smallest absolute Gasteiger partial charge is 0.373 e. The first-order valence-electron chi connectivity index (χ1n) is 7.83. The Kier molecular flexibility index (Phi) is 4.80. The maximum absolute atomic E-state index is 12.7. The van der Waals surface area contributed by atoms with Gasteiger partial charge in [0.05, 0.1) is 12.3 Å². The van der Waals surface area contributed by atoms with Crippen LogP contribution >= 0.6 is 0 Å². The summed E-state index contributed by atoms with van der Waals surface area (Å²) in [6.07, 6.45) is -0.462. The van der Waals surface area contributed by atoms with Crippen LogP contribution in [0.25, 0.3) is 0 Å². The standard InChI is InChI=1S/C15H18F3N5O2/c1-9-4-12(15(16,17)18)22-23(9)8-13(24)19-5-10-2-3-25-14(10)11-6-20-21-7-11/h4,6-7,10,14H,2-3,5,8H2,1H3,(H,19,24)(H,20,21)/t10-,14+/m1/s1. The monoisotopic (exact) mass is 357 g/mol. The van der Waals surface area contributed by atoms with E-state index in [0.717, 1.165) is 22.7 Å². The Morgan fingerprint density at radius 3 is 2.96 bits per heavy atom. The van der Waals surface area contributed by atoms with Crippen molar-refractivity contribution >= 4 is 5.91 Å². The first kappa shape index (κ1) is 17.5. The fourth-order valence-corrected chi connectivity index (χ4v) is 2.87. The van der Waals surface area contributed by atoms with Crippen LogP contribution < -0.4 is 5.32 Å². The van der Waals surface area contributed by atoms with E-state index in [-0.39, 0.29) is 24.3 Å². The Morgan fingerprint density at radius 1 is 1.52 bits per heavy atom. The van der Waals surface area contributed by atoms with Gasteiger partial charge in [-0.1, -0.05) is 0 Å². The highest BCUT2D eigenvalue weighted by Gasteiger charge is 2.34. The van der Waals surface area contributed by atoms with Gasteiger partial charge in [-0.2, -0.15) is 23.4 Å². The van der Waals surface area contributed by atoms with Gasteiger partial charge in [0.15, 0.2) is 5.69 Å². The number of nitrogens with one attached hydrogen (secondary N) is 2. The predicted molar refractivity (Wildman–Crippen MR) is 80.4 cm³/mol. The van der Waals surface area contributed by atoms with Crippen molar-refractivity contribution in [3.8, 4) is 0 Å². The first-order valence-corrected chi connectivity index (χ1v) is 7.83. The van der Waals surface area contributed by atoms with Gasteiger partial charge in [-0.15, -0.1) is 0 Å². The van der Waals surface area contributed by atoms with Gasteiger partial charge in [-0.25, -0.2) is 0 Å². The molecule has 2 aromatic rings. The molecule has 25 heavy (non-hydrogen) atoms. The van der Waals surface area contributed by atoms with Gasteiger partial charge >= 0.3 is 6.18 Å². The largest absolute Gasteiger partial charge is 0.435 e. The molecular weight excluding hydrogens is 339 g/mol. The maximum Gasteiger partial charge on any atom is 0.435 e. The molecule has 0 aromatic carbocycles. The van der Waals surface area contributed by atoms with Crippen molar-refractivity contribution in [1.29, 1.82) is 0 Å². The molecule has 10 heteroatoms. The molecule has 0 unspecified atom stereocenters. The molecule has 1 aliphatic rings. The molecule has 0 saturated carbocycles. The Bertz CT molecular complexity index is 726. The van der Waals surface area contributed by atoms with E-state index in [2.05, 4.69) is 20.6 Å². The zero-order valence-electron chi connectivity index (χ0n) is 13.5. The van der Waals surface area contributed by atoms with Crippen LogP contribution in [-0.2, 0) is 22.3 Å². The maximum atomic E-state index is 12.7. The number of hydrogen-bond acceptors (Lipinski definition) is 4. The van der Waals surface area contributed by atoms with Crippen LogP contribution in [0.4, 0.5) is 13.2 Å². The van der Waals surface area contributed by atoms with Crippen LogP contribution in [0.15, 0.2) is 18.5 Å². The molecule has 2 N–H and O–H groups in total. The second-order valence-corrected chi connectivity index (χ2v) is 6.00. The molecular formula is C15H18F3N5O2. The number of halogens is 3. The average Bonchev–Trinajstić information content (AvgIpc) is 3.25. The van der Waals surface area contributed by atoms with E-state index in [1.807, 2.05) is 0 Å². The number of hydrogen-bond donors (Lipinski definition) is 2. The lowest BCUT2D eigenvalue weighted by Crippen LogP contribution is -2.33. The summed E-state index contributed by atoms with van der Waals surface area (Å²) in [5.74, 6) is -0.302. The summed E-state index contributed by atoms with van der Waals surface area (Å²) in [7, 11) is 0. The number of carbonyl (C=O) groups is 1. The molecule has 0 aliphatic carbocycles. The van der Waals surface area contributed by atoms with Gasteiger partial charge in [0.2, 0.25) is 5.91 Å². The third-order valence-corrected chi connectivity index (χ3v) is 4.19. The second kappa shape index (κ2) is 6.87. The number of carbonyl (C=O) groups excluding carboxylic acids is 1. The quantitative estimate of drug-likeness (QED) is 0.855. The minimum absolute atomic E-state index is 0.0889. The van der Waals surface area contributed by atoms with Crippen LogP contribution in [0.3, 0.4) is 0 Å². The Balaban J connectivity index is 1.56. The predicted octanol–water partition coefficient (Wildman–Crippen LogP) is 1.83. The van der Waals surface area contributed by atoms with Crippen LogP contribution in [0.2, 0.25) is 0 Å². The van der Waals surface area contributed by atoms with Crippen molar-refractivity contribution in [2.45, 2.75) is 32.2 Å². The van der Waals surface area contributed by atoms with E-state index in [4.69, 9.17) is 4.74 Å². The number of aromatic nitrogens is 4. The molecule has 0 spiro atoms. The highest BCUT2D eigenvalue weighted by Crippen LogP contribution is 2.33. The van der Waals surface area contributed by atoms with E-state index in [0.29, 0.717) is 13.2 Å². The fraction of sp³-hybridized carbons (Fsp3) is 0.533. The third kappa shape index (κ3) is 4.01. The molecule has 2 aromatic heterocycles. The molecule has 3 rings (SSSR count). The van der Waals surface area contributed by atoms with Crippen molar-refractivity contribution in [3.05, 3.63) is 35.4 Å². The highest BCUT2D eigenvalue weighted by atomic mass is 19.4. The zero-order chi connectivity index (χ0) is 18.0. The number of aryl methyl sites for hydroxylation is 1. The second-order valence-electron chi connectivity index (χ2n) is 6.00. The number of ether oxygens (including phenoxy) is 1. The van der Waals surface area contributed by atoms with Gasteiger partial charge in [-0.05, 0) is 19.4 Å². The summed E-state index contributed by atoms with van der Waals surface area (Å²) in [5.41, 5.74) is 0.194. The summed E-state index contributed by atoms with van der Waals surface area (Å²) in [6.45, 7) is 2.19. The third-order valence-electron chi connectivity index (χ3n) is 4.19. The van der Waals surface area contributed by atoms with Crippen molar-refractivity contribution in [3.63, 3.8) is 0 Å². The van der Waals surface area contributed by atoms with Crippen molar-refractivity contribution in [2.24, 2.45) is 5.92 Å². The van der Waals surface area contributed by atoms with Crippen molar-refractivity contribution in [2.75, 3.05) is 13.2 Å². The lowest BCUT2D eigenvalue weighted by Gasteiger charge is -2.17. The molecule has 1 aliphatic heterocycles. The fourth-order valence-electron chi connectivity index (χ4n) is 2.87. The molecule has 0 radical (unpaired) electrons. The number of nitrogens with zero attached hydrogens (tertiary/aromatic N) is 3. The minimum Gasteiger partial charge on any atom is -0.373 e. The van der Waals surface area contributed by atoms with E-state index < -0.39 is 17.8 Å². The molecule has 3 heterocycles. The van der Waals surface area contributed by atoms with Crippen molar-refractivity contribution < 1.29 is 22.7 Å². The van der Waals surface area contributed by atoms with Gasteiger partial charge in [0, 0.05) is 36.5 Å². The Hall–Kier alpha value is -2.36. The Morgan fingerprint density at radius 2 is 2.32 bits per heavy atom. The summed E-state index contributed by atoms with van der Waals surface area (Å²) in [6, 6.07) is 0.924. The van der Waals surface area contributed by atoms with Gasteiger partial charge in [0.25, 0.3) is 0 Å². The van der Waals surface area contributed by atoms with Crippen LogP contribution in [0.1, 0.15) is 29.5 Å². The topological polar surface area (TPSA) is 84.8 Å². The summed E-state index contributed by atoms with van der Waals surface area (Å²) in [4.78, 5) is 12.1. The number of aromatic amines is 1. The zero-order valence-corrected chi connectivity index (χ0v) is 13.5.